The van der Waals surface area contributed by atoms with Crippen LogP contribution in [0, 0.1) is 17.4 Å². The van der Waals surface area contributed by atoms with E-state index in [9.17, 15) is 4.79 Å². The molecule has 0 spiro atoms. The molecule has 0 aliphatic carbocycles. The summed E-state index contributed by atoms with van der Waals surface area (Å²) < 4.78 is 5.27. The maximum Gasteiger partial charge on any atom is 0.335 e. The molecule has 3 heteroatoms. The Morgan fingerprint density at radius 2 is 2.11 bits per heavy atom. The van der Waals surface area contributed by atoms with Crippen molar-refractivity contribution in [2.75, 3.05) is 0 Å². The Bertz CT molecular complexity index is 453. The number of cyclic esters (lactones) is 1. The highest BCUT2D eigenvalue weighted by Gasteiger charge is 2.37. The first-order valence-electron chi connectivity index (χ1n) is 6.12. The summed E-state index contributed by atoms with van der Waals surface area (Å²) in [6.07, 6.45) is 3.15. The van der Waals surface area contributed by atoms with E-state index < -0.39 is 8.07 Å². The Morgan fingerprint density at radius 1 is 1.44 bits per heavy atom. The summed E-state index contributed by atoms with van der Waals surface area (Å²) in [7, 11) is -1.45. The zero-order valence-corrected chi connectivity index (χ0v) is 12.4. The van der Waals surface area contributed by atoms with Crippen LogP contribution in [-0.2, 0) is 9.53 Å². The quantitative estimate of drug-likeness (QED) is 0.256. The predicted molar refractivity (Wildman–Crippen MR) is 76.6 cm³/mol. The molecule has 0 radical (unpaired) electrons. The molecule has 0 aromatic rings. The van der Waals surface area contributed by atoms with E-state index in [2.05, 4.69) is 50.0 Å². The van der Waals surface area contributed by atoms with Crippen molar-refractivity contribution >= 4 is 14.0 Å². The number of allylic oxidation sites excluding steroid dienone is 1. The third-order valence-electron chi connectivity index (χ3n) is 2.67. The summed E-state index contributed by atoms with van der Waals surface area (Å²) in [5, 5.41) is 0. The predicted octanol–water partition coefficient (Wildman–Crippen LogP) is 3.09. The van der Waals surface area contributed by atoms with Gasteiger partial charge in [-0.05, 0) is 18.9 Å². The second-order valence-corrected chi connectivity index (χ2v) is 10.2. The highest BCUT2D eigenvalue weighted by atomic mass is 28.3. The van der Waals surface area contributed by atoms with E-state index in [1.165, 1.54) is 0 Å². The average molecular weight is 260 g/mol. The van der Waals surface area contributed by atoms with E-state index in [1.54, 1.807) is 0 Å². The number of hydrogen-bond donors (Lipinski definition) is 0. The van der Waals surface area contributed by atoms with Gasteiger partial charge in [-0.3, -0.25) is 0 Å². The van der Waals surface area contributed by atoms with Crippen molar-refractivity contribution in [2.45, 2.75) is 38.6 Å². The monoisotopic (exact) mass is 260 g/mol. The molecule has 1 aliphatic rings. The second kappa shape index (κ2) is 5.91. The van der Waals surface area contributed by atoms with Crippen LogP contribution in [0.15, 0.2) is 30.5 Å². The first-order valence-corrected chi connectivity index (χ1v) is 9.62. The molecular weight excluding hydrogens is 240 g/mol. The molecule has 1 saturated heterocycles. The Balaban J connectivity index is 2.80. The number of rotatable bonds is 3. The Hall–Kier alpha value is -1.49. The van der Waals surface area contributed by atoms with E-state index in [-0.39, 0.29) is 18.0 Å². The molecule has 96 valence electrons. The fourth-order valence-corrected chi connectivity index (χ4v) is 2.29. The van der Waals surface area contributed by atoms with Crippen molar-refractivity contribution in [2.24, 2.45) is 5.92 Å². The molecule has 0 aromatic heterocycles. The topological polar surface area (TPSA) is 26.3 Å². The van der Waals surface area contributed by atoms with Crippen LogP contribution in [-0.4, -0.2) is 20.1 Å². The summed E-state index contributed by atoms with van der Waals surface area (Å²) in [5.41, 5.74) is 6.53. The molecule has 1 fully saturated rings. The maximum absolute atomic E-state index is 11.5. The lowest BCUT2D eigenvalue weighted by Gasteiger charge is -2.12. The molecule has 2 atom stereocenters. The molecular formula is C15H20O2Si. The van der Waals surface area contributed by atoms with Gasteiger partial charge in [-0.1, -0.05) is 38.7 Å². The van der Waals surface area contributed by atoms with Gasteiger partial charge >= 0.3 is 5.97 Å². The largest absolute Gasteiger partial charge is 0.445 e. The minimum absolute atomic E-state index is 0.00551. The van der Waals surface area contributed by atoms with Gasteiger partial charge in [0.1, 0.15) is 8.07 Å². The molecule has 2 nitrogen and oxygen atoms in total. The minimum atomic E-state index is -1.45. The molecule has 0 saturated carbocycles. The standard InChI is InChI=1S/C15H20O2Si/c1-6-7-8-9-13-12(2)15(16)17-14(13)10-11-18(3,4)5/h7,13-14H,1-2,8-9H2,3-5H3/t13-,14+/m1/s1. The SMILES string of the molecule is C=C=CCC[C@@H]1C(=C)C(=O)O[C@H]1C#C[Si](C)(C)C. The molecule has 0 bridgehead atoms. The normalized spacial score (nSPS) is 22.8. The molecule has 0 amide bonds. The van der Waals surface area contributed by atoms with Crippen molar-refractivity contribution in [1.29, 1.82) is 0 Å². The summed E-state index contributed by atoms with van der Waals surface area (Å²) >= 11 is 0. The zero-order valence-electron chi connectivity index (χ0n) is 11.4. The van der Waals surface area contributed by atoms with E-state index in [0.29, 0.717) is 5.57 Å². The number of carbonyl (C=O) groups excluding carboxylic acids is 1. The molecule has 0 N–H and O–H groups in total. The van der Waals surface area contributed by atoms with Gasteiger partial charge in [-0.15, -0.1) is 11.3 Å². The van der Waals surface area contributed by atoms with Gasteiger partial charge in [0.25, 0.3) is 0 Å². The van der Waals surface area contributed by atoms with E-state index in [4.69, 9.17) is 4.74 Å². The van der Waals surface area contributed by atoms with Crippen molar-refractivity contribution in [3.05, 3.63) is 30.5 Å². The lowest BCUT2D eigenvalue weighted by atomic mass is 9.92. The van der Waals surface area contributed by atoms with Crippen molar-refractivity contribution < 1.29 is 9.53 Å². The van der Waals surface area contributed by atoms with Crippen LogP contribution in [0.4, 0.5) is 0 Å². The van der Waals surface area contributed by atoms with Crippen LogP contribution >= 0.6 is 0 Å². The van der Waals surface area contributed by atoms with Crippen LogP contribution in [0.25, 0.3) is 0 Å². The van der Waals surface area contributed by atoms with Crippen molar-refractivity contribution in [3.63, 3.8) is 0 Å². The zero-order chi connectivity index (χ0) is 13.8. The van der Waals surface area contributed by atoms with Crippen LogP contribution in [0.2, 0.25) is 19.6 Å². The van der Waals surface area contributed by atoms with Crippen molar-refractivity contribution in [1.82, 2.24) is 0 Å². The average Bonchev–Trinajstić information content (AvgIpc) is 2.53. The summed E-state index contributed by atoms with van der Waals surface area (Å²) in [5.74, 6) is 2.81. The highest BCUT2D eigenvalue weighted by Crippen LogP contribution is 2.30. The summed E-state index contributed by atoms with van der Waals surface area (Å²) in [6, 6.07) is 0. The number of carbonyl (C=O) groups is 1. The van der Waals surface area contributed by atoms with Gasteiger partial charge in [0.05, 0.1) is 0 Å². The van der Waals surface area contributed by atoms with Gasteiger partial charge < -0.3 is 4.74 Å². The highest BCUT2D eigenvalue weighted by molar-refractivity contribution is 6.83. The molecule has 0 aromatic carbocycles. The molecule has 0 unspecified atom stereocenters. The first kappa shape index (κ1) is 14.6. The number of hydrogen-bond acceptors (Lipinski definition) is 2. The smallest absolute Gasteiger partial charge is 0.335 e. The van der Waals surface area contributed by atoms with Gasteiger partial charge in [0, 0.05) is 11.5 Å². The third kappa shape index (κ3) is 4.07. The Kier molecular flexibility index (Phi) is 4.78. The number of ether oxygens (including phenoxy) is 1. The molecule has 1 heterocycles. The van der Waals surface area contributed by atoms with E-state index >= 15 is 0 Å². The van der Waals surface area contributed by atoms with Crippen LogP contribution in [0.3, 0.4) is 0 Å². The van der Waals surface area contributed by atoms with Gasteiger partial charge in [-0.2, -0.15) is 0 Å². The van der Waals surface area contributed by atoms with E-state index in [1.807, 2.05) is 6.08 Å². The third-order valence-corrected chi connectivity index (χ3v) is 3.56. The lowest BCUT2D eigenvalue weighted by Crippen LogP contribution is -2.20. The maximum atomic E-state index is 11.5. The fraction of sp³-hybridized carbons (Fsp3) is 0.467. The van der Waals surface area contributed by atoms with Crippen LogP contribution in [0.5, 0.6) is 0 Å². The fourth-order valence-electron chi connectivity index (χ4n) is 1.72. The molecule has 1 aliphatic heterocycles. The van der Waals surface area contributed by atoms with Gasteiger partial charge in [-0.25, -0.2) is 4.79 Å². The van der Waals surface area contributed by atoms with Crippen molar-refractivity contribution in [3.8, 4) is 11.5 Å². The molecule has 18 heavy (non-hydrogen) atoms. The molecule has 1 rings (SSSR count). The summed E-state index contributed by atoms with van der Waals surface area (Å²) in [6.45, 7) is 13.8. The van der Waals surface area contributed by atoms with Gasteiger partial charge in [0.2, 0.25) is 0 Å². The van der Waals surface area contributed by atoms with E-state index in [0.717, 1.165) is 12.8 Å². The lowest BCUT2D eigenvalue weighted by molar-refractivity contribution is -0.137. The van der Waals surface area contributed by atoms with Crippen LogP contribution < -0.4 is 0 Å². The minimum Gasteiger partial charge on any atom is -0.445 e. The van der Waals surface area contributed by atoms with Gasteiger partial charge in [0.15, 0.2) is 6.10 Å². The Morgan fingerprint density at radius 3 is 2.67 bits per heavy atom. The first-order chi connectivity index (χ1) is 8.35. The number of esters is 1. The summed E-state index contributed by atoms with van der Waals surface area (Å²) in [4.78, 5) is 11.5. The van der Waals surface area contributed by atoms with Crippen LogP contribution in [0.1, 0.15) is 12.8 Å². The second-order valence-electron chi connectivity index (χ2n) is 5.46. The Labute approximate surface area is 110 Å².